The summed E-state index contributed by atoms with van der Waals surface area (Å²) in [7, 11) is 0. The van der Waals surface area contributed by atoms with Crippen LogP contribution in [-0.2, 0) is 4.79 Å². The van der Waals surface area contributed by atoms with Crippen LogP contribution in [0.1, 0.15) is 58.6 Å². The van der Waals surface area contributed by atoms with Crippen molar-refractivity contribution in [3.8, 4) is 0 Å². The minimum Gasteiger partial charge on any atom is -0.354 e. The smallest absolute Gasteiger partial charge is 0.252 e. The SMILES string of the molecule is Cc1ccc(/C2=C3\C=CC(=N3)/C(c3ccc(C)cc3)=C3\C=C(C(=O)N3)C(C)(C)C3=N/C(=C(/c4ccc(C)cc4)c4ccc2[nH]4)C=C3)cc1. The molecule has 0 spiro atoms. The number of carbonyl (C=O) groups excluding carboxylic acids is 1. The fraction of sp³-hybridized carbons (Fsp3) is 0.140. The Morgan fingerprint density at radius 1 is 0.562 bits per heavy atom. The van der Waals surface area contributed by atoms with Crippen molar-refractivity contribution >= 4 is 34.0 Å². The van der Waals surface area contributed by atoms with Gasteiger partial charge in [0.25, 0.3) is 5.91 Å². The number of aliphatic imine (C=N–C) groups is 2. The zero-order chi connectivity index (χ0) is 33.2. The topological polar surface area (TPSA) is 69.6 Å². The summed E-state index contributed by atoms with van der Waals surface area (Å²) in [6.45, 7) is 10.4. The van der Waals surface area contributed by atoms with Crippen molar-refractivity contribution in [3.63, 3.8) is 0 Å². The second-order valence-corrected chi connectivity index (χ2v) is 13.5. The highest BCUT2D eigenvalue weighted by molar-refractivity contribution is 6.33. The normalized spacial score (nSPS) is 22.5. The van der Waals surface area contributed by atoms with E-state index in [1.54, 1.807) is 0 Å². The summed E-state index contributed by atoms with van der Waals surface area (Å²) in [6.07, 6.45) is 10.3. The summed E-state index contributed by atoms with van der Waals surface area (Å²) < 4.78 is 0. The van der Waals surface area contributed by atoms with Crippen LogP contribution in [0.4, 0.5) is 0 Å². The van der Waals surface area contributed by atoms with Gasteiger partial charge in [0.2, 0.25) is 0 Å². The van der Waals surface area contributed by atoms with Crippen LogP contribution in [-0.4, -0.2) is 22.3 Å². The first-order valence-electron chi connectivity index (χ1n) is 16.4. The third kappa shape index (κ3) is 4.99. The number of aryl methyl sites for hydroxylation is 3. The Kier molecular flexibility index (Phi) is 6.88. The number of carbonyl (C=O) groups is 1. The number of aromatic amines is 1. The van der Waals surface area contributed by atoms with E-state index in [-0.39, 0.29) is 5.91 Å². The van der Waals surface area contributed by atoms with E-state index in [0.717, 1.165) is 73.3 Å². The first kappa shape index (κ1) is 29.6. The van der Waals surface area contributed by atoms with E-state index < -0.39 is 5.41 Å². The number of nitrogens with one attached hydrogen (secondary N) is 2. The van der Waals surface area contributed by atoms with Crippen LogP contribution in [0.15, 0.2) is 148 Å². The number of H-pyrrole nitrogens is 1. The van der Waals surface area contributed by atoms with Crippen molar-refractivity contribution in [2.24, 2.45) is 15.4 Å². The molecule has 4 aliphatic heterocycles. The number of benzene rings is 3. The van der Waals surface area contributed by atoms with Crippen molar-refractivity contribution in [3.05, 3.63) is 183 Å². The van der Waals surface area contributed by atoms with E-state index in [4.69, 9.17) is 9.98 Å². The van der Waals surface area contributed by atoms with Gasteiger partial charge >= 0.3 is 0 Å². The minimum absolute atomic E-state index is 0.122. The summed E-state index contributed by atoms with van der Waals surface area (Å²) in [5.74, 6) is -0.122. The lowest BCUT2D eigenvalue weighted by Gasteiger charge is -2.24. The third-order valence-corrected chi connectivity index (χ3v) is 9.66. The standard InChI is InChI=1S/C43H36N4O/c1-25-6-12-28(13-7-25)39-32-18-19-34(44-32)40(29-14-8-26(2)9-15-29)36-22-23-38(46-36)43(4,5)31-24-37(47-42(31)48)41(35-21-20-33(39)45-35)30-16-10-27(3)11-17-30/h6-24,44H,1-5H3,(H,47,48)/b39-33-,40-36-,41-37+. The van der Waals surface area contributed by atoms with Gasteiger partial charge in [-0.05, 0) is 93.8 Å². The summed E-state index contributed by atoms with van der Waals surface area (Å²) in [4.78, 5) is 28.1. The molecule has 8 rings (SSSR count). The molecule has 4 aliphatic rings. The second-order valence-electron chi connectivity index (χ2n) is 13.5. The predicted octanol–water partition coefficient (Wildman–Crippen LogP) is 8.99. The molecule has 5 heterocycles. The van der Waals surface area contributed by atoms with Crippen molar-refractivity contribution in [2.45, 2.75) is 34.6 Å². The van der Waals surface area contributed by atoms with Gasteiger partial charge in [-0.15, -0.1) is 0 Å². The molecule has 1 aromatic heterocycles. The summed E-state index contributed by atoms with van der Waals surface area (Å²) >= 11 is 0. The van der Waals surface area contributed by atoms with Crippen LogP contribution >= 0.6 is 0 Å². The third-order valence-electron chi connectivity index (χ3n) is 9.66. The van der Waals surface area contributed by atoms with E-state index in [1.807, 2.05) is 6.08 Å². The molecule has 0 saturated carbocycles. The van der Waals surface area contributed by atoms with Gasteiger partial charge in [-0.2, -0.15) is 0 Å². The van der Waals surface area contributed by atoms with Gasteiger partial charge in [0.05, 0.1) is 28.5 Å². The van der Waals surface area contributed by atoms with Gasteiger partial charge in [0.15, 0.2) is 0 Å². The average molecular weight is 625 g/mol. The number of fused-ring (bicyclic) bond motifs is 5. The maximum absolute atomic E-state index is 13.8. The molecule has 2 N–H and O–H groups in total. The van der Waals surface area contributed by atoms with Crippen LogP contribution in [0.2, 0.25) is 0 Å². The number of hydrogen-bond acceptors (Lipinski definition) is 3. The Morgan fingerprint density at radius 2 is 1.04 bits per heavy atom. The molecule has 0 unspecified atom stereocenters. The van der Waals surface area contributed by atoms with E-state index in [1.165, 1.54) is 16.7 Å². The Hall–Kier alpha value is -5.81. The molecule has 0 aliphatic carbocycles. The maximum Gasteiger partial charge on any atom is 0.252 e. The van der Waals surface area contributed by atoms with Crippen molar-refractivity contribution in [1.29, 1.82) is 0 Å². The number of hydrogen-bond donors (Lipinski definition) is 2. The monoisotopic (exact) mass is 624 g/mol. The molecular formula is C43H36N4O. The van der Waals surface area contributed by atoms with E-state index in [2.05, 4.69) is 154 Å². The highest BCUT2D eigenvalue weighted by atomic mass is 16.2. The molecule has 3 aromatic carbocycles. The largest absolute Gasteiger partial charge is 0.354 e. The van der Waals surface area contributed by atoms with Gasteiger partial charge in [0, 0.05) is 39.1 Å². The summed E-state index contributed by atoms with van der Waals surface area (Å²) in [6, 6.07) is 29.8. The highest BCUT2D eigenvalue weighted by Crippen LogP contribution is 2.41. The molecule has 1 amide bonds. The number of rotatable bonds is 3. The molecular weight excluding hydrogens is 589 g/mol. The number of nitrogens with zero attached hydrogens (tertiary/aromatic N) is 2. The van der Waals surface area contributed by atoms with Crippen molar-refractivity contribution in [1.82, 2.24) is 10.3 Å². The highest BCUT2D eigenvalue weighted by Gasteiger charge is 2.38. The lowest BCUT2D eigenvalue weighted by Crippen LogP contribution is -2.31. The molecule has 0 radical (unpaired) electrons. The first-order valence-corrected chi connectivity index (χ1v) is 16.4. The number of amides is 1. The van der Waals surface area contributed by atoms with Gasteiger partial charge < -0.3 is 10.3 Å². The quantitative estimate of drug-likeness (QED) is 0.235. The van der Waals surface area contributed by atoms with Gasteiger partial charge in [-0.3, -0.25) is 9.79 Å². The molecule has 0 fully saturated rings. The van der Waals surface area contributed by atoms with Crippen LogP contribution in [0, 0.1) is 26.2 Å². The molecule has 48 heavy (non-hydrogen) atoms. The first-order chi connectivity index (χ1) is 23.2. The average Bonchev–Trinajstić information content (AvgIpc) is 3.89. The Balaban J connectivity index is 1.44. The van der Waals surface area contributed by atoms with Crippen molar-refractivity contribution in [2.75, 3.05) is 0 Å². The summed E-state index contributed by atoms with van der Waals surface area (Å²) in [5, 5.41) is 3.22. The fourth-order valence-electron chi connectivity index (χ4n) is 6.83. The second kappa shape index (κ2) is 11.2. The fourth-order valence-corrected chi connectivity index (χ4v) is 6.83. The number of allylic oxidation sites excluding steroid dienone is 6. The lowest BCUT2D eigenvalue weighted by molar-refractivity contribution is -0.116. The Bertz CT molecular complexity index is 2270. The predicted molar refractivity (Wildman–Crippen MR) is 196 cm³/mol. The maximum atomic E-state index is 13.8. The molecule has 4 aromatic rings. The van der Waals surface area contributed by atoms with E-state index >= 15 is 0 Å². The molecule has 8 bridgehead atoms. The van der Waals surface area contributed by atoms with Crippen molar-refractivity contribution < 1.29 is 4.79 Å². The minimum atomic E-state index is -0.657. The van der Waals surface area contributed by atoms with Crippen LogP contribution in [0.25, 0.3) is 16.7 Å². The molecule has 5 nitrogen and oxygen atoms in total. The van der Waals surface area contributed by atoms with Gasteiger partial charge in [-0.25, -0.2) is 4.99 Å². The van der Waals surface area contributed by atoms with Crippen LogP contribution in [0.5, 0.6) is 0 Å². The zero-order valence-corrected chi connectivity index (χ0v) is 27.8. The van der Waals surface area contributed by atoms with Crippen LogP contribution < -0.4 is 5.32 Å². The van der Waals surface area contributed by atoms with E-state index in [9.17, 15) is 4.79 Å². The zero-order valence-electron chi connectivity index (χ0n) is 27.8. The summed E-state index contributed by atoms with van der Waals surface area (Å²) in [5.41, 5.74) is 15.5. The molecule has 0 atom stereocenters. The Labute approximate surface area is 281 Å². The lowest BCUT2D eigenvalue weighted by atomic mass is 9.79. The number of aromatic nitrogens is 1. The van der Waals surface area contributed by atoms with E-state index in [0.29, 0.717) is 5.57 Å². The van der Waals surface area contributed by atoms with Crippen LogP contribution in [0.3, 0.4) is 0 Å². The van der Waals surface area contributed by atoms with Gasteiger partial charge in [-0.1, -0.05) is 89.5 Å². The van der Waals surface area contributed by atoms with Gasteiger partial charge in [0.1, 0.15) is 0 Å². The Morgan fingerprint density at radius 3 is 1.58 bits per heavy atom. The molecule has 234 valence electrons. The molecule has 5 heteroatoms. The molecule has 0 saturated heterocycles.